The molecule has 102 valence electrons. The van der Waals surface area contributed by atoms with Crippen LogP contribution in [0, 0.1) is 13.8 Å². The number of hydrogen-bond donors (Lipinski definition) is 1. The molecule has 1 atom stereocenters. The lowest BCUT2D eigenvalue weighted by atomic mass is 10.1. The van der Waals surface area contributed by atoms with Crippen LogP contribution in [0.25, 0.3) is 0 Å². The lowest BCUT2D eigenvalue weighted by Gasteiger charge is -2.36. The molecule has 0 bridgehead atoms. The van der Waals surface area contributed by atoms with Gasteiger partial charge in [0.25, 0.3) is 0 Å². The minimum atomic E-state index is -0.393. The third-order valence-electron chi connectivity index (χ3n) is 3.53. The molecule has 1 unspecified atom stereocenters. The summed E-state index contributed by atoms with van der Waals surface area (Å²) in [5.41, 5.74) is 3.66. The molecule has 0 saturated carbocycles. The highest BCUT2D eigenvalue weighted by molar-refractivity contribution is 5.52. The number of aryl methyl sites for hydroxylation is 2. The van der Waals surface area contributed by atoms with Gasteiger partial charge in [0.2, 0.25) is 0 Å². The summed E-state index contributed by atoms with van der Waals surface area (Å²) in [6.45, 7) is 10.6. The Morgan fingerprint density at radius 2 is 1.44 bits per heavy atom. The summed E-state index contributed by atoms with van der Waals surface area (Å²) in [5.74, 6) is 0. The zero-order valence-electron chi connectivity index (χ0n) is 12.4. The van der Waals surface area contributed by atoms with Crippen molar-refractivity contribution in [3.8, 4) is 0 Å². The van der Waals surface area contributed by atoms with E-state index in [0.717, 1.165) is 24.9 Å². The molecule has 0 amide bonds. The van der Waals surface area contributed by atoms with Gasteiger partial charge in [0.15, 0.2) is 0 Å². The van der Waals surface area contributed by atoms with Gasteiger partial charge in [-0.05, 0) is 56.4 Å². The van der Waals surface area contributed by atoms with Gasteiger partial charge >= 0.3 is 0 Å². The molecule has 0 saturated heterocycles. The lowest BCUT2D eigenvalue weighted by Crippen LogP contribution is -2.42. The minimum absolute atomic E-state index is 0.393. The van der Waals surface area contributed by atoms with E-state index < -0.39 is 6.23 Å². The average molecular weight is 249 g/mol. The van der Waals surface area contributed by atoms with Crippen molar-refractivity contribution in [3.63, 3.8) is 0 Å². The monoisotopic (exact) mass is 249 g/mol. The van der Waals surface area contributed by atoms with Gasteiger partial charge in [0.1, 0.15) is 6.23 Å². The number of rotatable bonds is 6. The van der Waals surface area contributed by atoms with Gasteiger partial charge in [-0.3, -0.25) is 0 Å². The SMILES string of the molecule is CCC(O)N(c1cc(C)cc(C)c1)C(CC)CC. The van der Waals surface area contributed by atoms with Crippen LogP contribution in [-0.2, 0) is 0 Å². The first-order chi connectivity index (χ1) is 8.53. The smallest absolute Gasteiger partial charge is 0.126 e. The molecule has 1 N–H and O–H groups in total. The van der Waals surface area contributed by atoms with Gasteiger partial charge in [-0.25, -0.2) is 0 Å². The first kappa shape index (κ1) is 15.0. The molecule has 1 rings (SSSR count). The first-order valence-corrected chi connectivity index (χ1v) is 7.08. The summed E-state index contributed by atoms with van der Waals surface area (Å²) in [5, 5.41) is 10.3. The van der Waals surface area contributed by atoms with Crippen molar-refractivity contribution in [1.29, 1.82) is 0 Å². The summed E-state index contributed by atoms with van der Waals surface area (Å²) in [6, 6.07) is 6.92. The Hall–Kier alpha value is -1.02. The van der Waals surface area contributed by atoms with Crippen molar-refractivity contribution < 1.29 is 5.11 Å². The Bertz CT molecular complexity index is 351. The Morgan fingerprint density at radius 3 is 1.83 bits per heavy atom. The van der Waals surface area contributed by atoms with Gasteiger partial charge < -0.3 is 10.0 Å². The summed E-state index contributed by atoms with van der Waals surface area (Å²) in [6.07, 6.45) is 2.47. The molecule has 0 heterocycles. The molecular formula is C16H27NO. The summed E-state index contributed by atoms with van der Waals surface area (Å²) < 4.78 is 0. The van der Waals surface area contributed by atoms with E-state index in [1.54, 1.807) is 0 Å². The maximum atomic E-state index is 10.3. The molecule has 18 heavy (non-hydrogen) atoms. The zero-order chi connectivity index (χ0) is 13.7. The molecule has 1 aromatic carbocycles. The minimum Gasteiger partial charge on any atom is -0.374 e. The van der Waals surface area contributed by atoms with E-state index in [4.69, 9.17) is 0 Å². The maximum Gasteiger partial charge on any atom is 0.126 e. The van der Waals surface area contributed by atoms with Gasteiger partial charge in [-0.1, -0.05) is 26.8 Å². The number of aliphatic hydroxyl groups is 1. The third kappa shape index (κ3) is 3.49. The molecule has 0 fully saturated rings. The molecule has 0 aliphatic heterocycles. The van der Waals surface area contributed by atoms with E-state index >= 15 is 0 Å². The highest BCUT2D eigenvalue weighted by Gasteiger charge is 2.22. The predicted octanol–water partition coefficient (Wildman–Crippen LogP) is 4.03. The fourth-order valence-electron chi connectivity index (χ4n) is 2.60. The number of aliphatic hydroxyl groups excluding tert-OH is 1. The number of nitrogens with zero attached hydrogens (tertiary/aromatic N) is 1. The van der Waals surface area contributed by atoms with Crippen molar-refractivity contribution in [3.05, 3.63) is 29.3 Å². The van der Waals surface area contributed by atoms with Crippen LogP contribution in [-0.4, -0.2) is 17.4 Å². The van der Waals surface area contributed by atoms with Crippen LogP contribution in [0.5, 0.6) is 0 Å². The van der Waals surface area contributed by atoms with E-state index in [2.05, 4.69) is 50.8 Å². The first-order valence-electron chi connectivity index (χ1n) is 7.08. The van der Waals surface area contributed by atoms with Gasteiger partial charge in [0, 0.05) is 11.7 Å². The molecule has 0 spiro atoms. The number of anilines is 1. The van der Waals surface area contributed by atoms with Gasteiger partial charge in [-0.2, -0.15) is 0 Å². The molecular weight excluding hydrogens is 222 g/mol. The molecule has 0 aliphatic carbocycles. The second-order valence-corrected chi connectivity index (χ2v) is 5.11. The lowest BCUT2D eigenvalue weighted by molar-refractivity contribution is 0.151. The second kappa shape index (κ2) is 6.79. The Labute approximate surface area is 112 Å². The summed E-state index contributed by atoms with van der Waals surface area (Å²) >= 11 is 0. The van der Waals surface area contributed by atoms with E-state index in [9.17, 15) is 5.11 Å². The maximum absolute atomic E-state index is 10.3. The average Bonchev–Trinajstić information content (AvgIpc) is 2.33. The molecule has 2 heteroatoms. The highest BCUT2D eigenvalue weighted by Crippen LogP contribution is 2.26. The quantitative estimate of drug-likeness (QED) is 0.769. The Balaban J connectivity index is 3.15. The molecule has 0 aliphatic rings. The van der Waals surface area contributed by atoms with Crippen molar-refractivity contribution in [2.45, 2.75) is 66.2 Å². The van der Waals surface area contributed by atoms with Crippen LogP contribution < -0.4 is 4.90 Å². The second-order valence-electron chi connectivity index (χ2n) is 5.11. The van der Waals surface area contributed by atoms with E-state index in [1.165, 1.54) is 11.1 Å². The standard InChI is InChI=1S/C16H27NO/c1-6-14(7-2)17(16(18)8-3)15-10-12(4)9-13(5)11-15/h9-11,14,16,18H,6-8H2,1-5H3. The van der Waals surface area contributed by atoms with E-state index in [0.29, 0.717) is 6.04 Å². The highest BCUT2D eigenvalue weighted by atomic mass is 16.3. The molecule has 0 radical (unpaired) electrons. The van der Waals surface area contributed by atoms with Crippen molar-refractivity contribution >= 4 is 5.69 Å². The van der Waals surface area contributed by atoms with Crippen LogP contribution in [0.15, 0.2) is 18.2 Å². The third-order valence-corrected chi connectivity index (χ3v) is 3.53. The molecule has 2 nitrogen and oxygen atoms in total. The largest absolute Gasteiger partial charge is 0.374 e. The number of benzene rings is 1. The summed E-state index contributed by atoms with van der Waals surface area (Å²) in [4.78, 5) is 2.18. The molecule has 1 aromatic rings. The fourth-order valence-corrected chi connectivity index (χ4v) is 2.60. The van der Waals surface area contributed by atoms with Crippen molar-refractivity contribution in [2.75, 3.05) is 4.90 Å². The topological polar surface area (TPSA) is 23.5 Å². The van der Waals surface area contributed by atoms with Crippen LogP contribution in [0.1, 0.15) is 51.2 Å². The van der Waals surface area contributed by atoms with Gasteiger partial charge in [-0.15, -0.1) is 0 Å². The van der Waals surface area contributed by atoms with Crippen LogP contribution in [0.3, 0.4) is 0 Å². The van der Waals surface area contributed by atoms with Crippen LogP contribution in [0.4, 0.5) is 5.69 Å². The zero-order valence-corrected chi connectivity index (χ0v) is 12.4. The van der Waals surface area contributed by atoms with Crippen LogP contribution >= 0.6 is 0 Å². The Kier molecular flexibility index (Phi) is 5.67. The van der Waals surface area contributed by atoms with Gasteiger partial charge in [0.05, 0.1) is 0 Å². The van der Waals surface area contributed by atoms with Crippen molar-refractivity contribution in [1.82, 2.24) is 0 Å². The molecule has 0 aromatic heterocycles. The Morgan fingerprint density at radius 1 is 0.944 bits per heavy atom. The summed E-state index contributed by atoms with van der Waals surface area (Å²) in [7, 11) is 0. The van der Waals surface area contributed by atoms with E-state index in [-0.39, 0.29) is 0 Å². The van der Waals surface area contributed by atoms with E-state index in [1.807, 2.05) is 6.92 Å². The predicted molar refractivity (Wildman–Crippen MR) is 79.1 cm³/mol. The van der Waals surface area contributed by atoms with Crippen molar-refractivity contribution in [2.24, 2.45) is 0 Å². The normalized spacial score (nSPS) is 12.8. The number of hydrogen-bond acceptors (Lipinski definition) is 2. The fraction of sp³-hybridized carbons (Fsp3) is 0.625. The van der Waals surface area contributed by atoms with Crippen LogP contribution in [0.2, 0.25) is 0 Å².